The molecule has 0 saturated carbocycles. The SMILES string of the molecule is CC1(c2ccccc2)c2ccccc2-c2c(-c3ccc(-c4nc(-c5ccccc5-c5ccccc5)nc(-c5ccc(-c6ccccc6)c6ccccc56)n4)c4ccccc34)cccc21. The first kappa shape index (κ1) is 37.5. The van der Waals surface area contributed by atoms with Gasteiger partial charge >= 0.3 is 0 Å². The number of hydrogen-bond donors (Lipinski definition) is 0. The predicted octanol–water partition coefficient (Wildman–Crippen LogP) is 15.5. The first-order chi connectivity index (χ1) is 31.6. The number of fused-ring (bicyclic) bond motifs is 5. The average molecular weight is 816 g/mol. The monoisotopic (exact) mass is 815 g/mol. The van der Waals surface area contributed by atoms with Gasteiger partial charge < -0.3 is 0 Å². The van der Waals surface area contributed by atoms with Crippen LogP contribution in [0.4, 0.5) is 0 Å². The van der Waals surface area contributed by atoms with Gasteiger partial charge in [0.1, 0.15) is 0 Å². The van der Waals surface area contributed by atoms with E-state index in [1.165, 1.54) is 50.1 Å². The van der Waals surface area contributed by atoms with E-state index in [4.69, 9.17) is 15.0 Å². The van der Waals surface area contributed by atoms with Crippen LogP contribution < -0.4 is 0 Å². The Labute approximate surface area is 373 Å². The van der Waals surface area contributed by atoms with Gasteiger partial charge in [0.05, 0.1) is 0 Å². The van der Waals surface area contributed by atoms with Crippen molar-refractivity contribution in [2.75, 3.05) is 0 Å². The van der Waals surface area contributed by atoms with Crippen LogP contribution in [0, 0.1) is 0 Å². The number of rotatable bonds is 7. The third-order valence-corrected chi connectivity index (χ3v) is 13.3. The Kier molecular flexibility index (Phi) is 8.94. The van der Waals surface area contributed by atoms with Crippen LogP contribution in [0.15, 0.2) is 231 Å². The fourth-order valence-corrected chi connectivity index (χ4v) is 10.2. The maximum absolute atomic E-state index is 5.42. The van der Waals surface area contributed by atoms with Crippen LogP contribution in [0.2, 0.25) is 0 Å². The molecule has 3 heteroatoms. The Morgan fingerprint density at radius 3 is 1.27 bits per heavy atom. The highest BCUT2D eigenvalue weighted by atomic mass is 15.0. The van der Waals surface area contributed by atoms with Crippen molar-refractivity contribution in [3.05, 3.63) is 247 Å². The molecule has 11 aromatic rings. The summed E-state index contributed by atoms with van der Waals surface area (Å²) in [6.45, 7) is 2.38. The lowest BCUT2D eigenvalue weighted by Crippen LogP contribution is -2.22. The third-order valence-electron chi connectivity index (χ3n) is 13.3. The Hall–Kier alpha value is -8.27. The summed E-state index contributed by atoms with van der Waals surface area (Å²) in [5.41, 5.74) is 16.0. The molecule has 64 heavy (non-hydrogen) atoms. The minimum absolute atomic E-state index is 0.296. The summed E-state index contributed by atoms with van der Waals surface area (Å²) >= 11 is 0. The number of aromatic nitrogens is 3. The molecule has 10 aromatic carbocycles. The lowest BCUT2D eigenvalue weighted by Gasteiger charge is -2.28. The minimum atomic E-state index is -0.296. The summed E-state index contributed by atoms with van der Waals surface area (Å²) in [7, 11) is 0. The Bertz CT molecular complexity index is 3560. The van der Waals surface area contributed by atoms with Gasteiger partial charge in [0, 0.05) is 22.1 Å². The second-order valence-corrected chi connectivity index (χ2v) is 16.8. The largest absolute Gasteiger partial charge is 0.208 e. The molecular weight excluding hydrogens is 775 g/mol. The molecule has 0 aliphatic heterocycles. The van der Waals surface area contributed by atoms with Gasteiger partial charge in [0.15, 0.2) is 17.5 Å². The fraction of sp³-hybridized carbons (Fsp3) is 0.0328. The molecule has 1 aliphatic rings. The zero-order chi connectivity index (χ0) is 42.6. The van der Waals surface area contributed by atoms with Gasteiger partial charge in [-0.25, -0.2) is 15.0 Å². The summed E-state index contributed by atoms with van der Waals surface area (Å²) in [4.78, 5) is 16.2. The average Bonchev–Trinajstić information content (AvgIpc) is 3.65. The summed E-state index contributed by atoms with van der Waals surface area (Å²) in [6, 6.07) is 82.4. The van der Waals surface area contributed by atoms with Gasteiger partial charge in [-0.1, -0.05) is 218 Å². The van der Waals surface area contributed by atoms with Crippen LogP contribution in [0.25, 0.3) is 100 Å². The van der Waals surface area contributed by atoms with E-state index in [2.05, 4.69) is 237 Å². The second-order valence-electron chi connectivity index (χ2n) is 16.8. The number of hydrogen-bond acceptors (Lipinski definition) is 3. The summed E-state index contributed by atoms with van der Waals surface area (Å²) in [5.74, 6) is 1.88. The third kappa shape index (κ3) is 6.00. The summed E-state index contributed by atoms with van der Waals surface area (Å²) < 4.78 is 0. The standard InChI is InChI=1S/C61H41N3/c1-61(42-24-9-4-10-25-42)55-34-18-17-32-54(55)57-50(33-19-35-56(57)61)49-37-39-53(48-30-15-13-28-46(48)49)60-63-58(51-31-16-11-26-43(51)40-20-5-2-6-21-40)62-59(64-60)52-38-36-44(41-22-7-3-8-23-41)45-27-12-14-29-47(45)52/h2-39H,1H3. The fourth-order valence-electron chi connectivity index (χ4n) is 10.2. The van der Waals surface area contributed by atoms with Crippen LogP contribution in [0.3, 0.4) is 0 Å². The summed E-state index contributed by atoms with van der Waals surface area (Å²) in [6.07, 6.45) is 0. The van der Waals surface area contributed by atoms with Gasteiger partial charge in [-0.2, -0.15) is 0 Å². The van der Waals surface area contributed by atoms with E-state index in [9.17, 15) is 0 Å². The number of nitrogens with zero attached hydrogens (tertiary/aromatic N) is 3. The maximum atomic E-state index is 5.42. The highest BCUT2D eigenvalue weighted by Gasteiger charge is 2.41. The molecule has 3 nitrogen and oxygen atoms in total. The van der Waals surface area contributed by atoms with Crippen LogP contribution in [-0.4, -0.2) is 15.0 Å². The maximum Gasteiger partial charge on any atom is 0.164 e. The highest BCUT2D eigenvalue weighted by molar-refractivity contribution is 6.08. The Morgan fingerprint density at radius 1 is 0.266 bits per heavy atom. The van der Waals surface area contributed by atoms with E-state index in [-0.39, 0.29) is 5.41 Å². The van der Waals surface area contributed by atoms with Crippen LogP contribution in [0.5, 0.6) is 0 Å². The molecule has 300 valence electrons. The minimum Gasteiger partial charge on any atom is -0.208 e. The Balaban J connectivity index is 1.08. The van der Waals surface area contributed by atoms with E-state index in [1.807, 2.05) is 0 Å². The molecule has 0 bridgehead atoms. The quantitative estimate of drug-likeness (QED) is 0.161. The van der Waals surface area contributed by atoms with E-state index in [1.54, 1.807) is 0 Å². The van der Waals surface area contributed by atoms with Crippen molar-refractivity contribution in [1.29, 1.82) is 0 Å². The van der Waals surface area contributed by atoms with Crippen molar-refractivity contribution < 1.29 is 0 Å². The Morgan fingerprint density at radius 2 is 0.656 bits per heavy atom. The van der Waals surface area contributed by atoms with Crippen LogP contribution >= 0.6 is 0 Å². The number of benzene rings is 10. The van der Waals surface area contributed by atoms with Gasteiger partial charge in [-0.05, 0) is 102 Å². The molecule has 0 N–H and O–H groups in total. The van der Waals surface area contributed by atoms with E-state index in [0.717, 1.165) is 49.4 Å². The highest BCUT2D eigenvalue weighted by Crippen LogP contribution is 2.55. The molecule has 1 unspecified atom stereocenters. The van der Waals surface area contributed by atoms with Crippen molar-refractivity contribution in [1.82, 2.24) is 15.0 Å². The van der Waals surface area contributed by atoms with Crippen molar-refractivity contribution >= 4 is 21.5 Å². The molecule has 12 rings (SSSR count). The topological polar surface area (TPSA) is 38.7 Å². The first-order valence-electron chi connectivity index (χ1n) is 21.9. The molecule has 0 radical (unpaired) electrons. The smallest absolute Gasteiger partial charge is 0.164 e. The molecule has 0 amide bonds. The van der Waals surface area contributed by atoms with Crippen LogP contribution in [0.1, 0.15) is 23.6 Å². The molecule has 0 saturated heterocycles. The first-order valence-corrected chi connectivity index (χ1v) is 21.9. The van der Waals surface area contributed by atoms with Crippen LogP contribution in [-0.2, 0) is 5.41 Å². The van der Waals surface area contributed by atoms with E-state index >= 15 is 0 Å². The molecule has 1 atom stereocenters. The van der Waals surface area contributed by atoms with Gasteiger partial charge in [0.2, 0.25) is 0 Å². The van der Waals surface area contributed by atoms with Gasteiger partial charge in [-0.3, -0.25) is 0 Å². The van der Waals surface area contributed by atoms with Crippen molar-refractivity contribution in [3.63, 3.8) is 0 Å². The van der Waals surface area contributed by atoms with Gasteiger partial charge in [-0.15, -0.1) is 0 Å². The second kappa shape index (κ2) is 15.3. The summed E-state index contributed by atoms with van der Waals surface area (Å²) in [5, 5.41) is 4.46. The van der Waals surface area contributed by atoms with Crippen molar-refractivity contribution in [2.45, 2.75) is 12.3 Å². The van der Waals surface area contributed by atoms with E-state index < -0.39 is 0 Å². The zero-order valence-electron chi connectivity index (χ0n) is 35.3. The molecular formula is C61H41N3. The zero-order valence-corrected chi connectivity index (χ0v) is 35.3. The molecule has 0 spiro atoms. The molecule has 0 fully saturated rings. The molecule has 1 heterocycles. The normalized spacial score (nSPS) is 14.1. The van der Waals surface area contributed by atoms with Crippen molar-refractivity contribution in [3.8, 4) is 78.7 Å². The van der Waals surface area contributed by atoms with E-state index in [0.29, 0.717) is 17.5 Å². The molecule has 1 aliphatic carbocycles. The lowest BCUT2D eigenvalue weighted by atomic mass is 9.74. The predicted molar refractivity (Wildman–Crippen MR) is 265 cm³/mol. The van der Waals surface area contributed by atoms with Gasteiger partial charge in [0.25, 0.3) is 0 Å². The van der Waals surface area contributed by atoms with Crippen molar-refractivity contribution in [2.24, 2.45) is 0 Å². The molecule has 1 aromatic heterocycles. The lowest BCUT2D eigenvalue weighted by molar-refractivity contribution is 0.714.